The molecule has 2 aromatic rings. The minimum Gasteiger partial charge on any atom is -0.507 e. The lowest BCUT2D eigenvalue weighted by Crippen LogP contribution is -2.00. The van der Waals surface area contributed by atoms with Crippen molar-refractivity contribution in [3.8, 4) is 23.0 Å². The zero-order valence-corrected chi connectivity index (χ0v) is 19.1. The van der Waals surface area contributed by atoms with Gasteiger partial charge >= 0.3 is 0 Å². The maximum Gasteiger partial charge on any atom is 0.166 e. The molecule has 2 rings (SSSR count). The smallest absolute Gasteiger partial charge is 0.166 e. The molecule has 0 fully saturated rings. The normalized spacial score (nSPS) is 10.7. The van der Waals surface area contributed by atoms with E-state index in [9.17, 15) is 19.8 Å². The zero-order chi connectivity index (χ0) is 23.3. The summed E-state index contributed by atoms with van der Waals surface area (Å²) in [6.45, 7) is 0. The Morgan fingerprint density at radius 2 is 0.969 bits per heavy atom. The van der Waals surface area contributed by atoms with Crippen molar-refractivity contribution in [2.24, 2.45) is 0 Å². The van der Waals surface area contributed by atoms with Gasteiger partial charge in [-0.1, -0.05) is 38.5 Å². The summed E-state index contributed by atoms with van der Waals surface area (Å²) in [6, 6.07) is 9.39. The first-order valence-corrected chi connectivity index (χ1v) is 11.3. The molecule has 0 saturated heterocycles. The second kappa shape index (κ2) is 13.4. The average molecular weight is 443 g/mol. The van der Waals surface area contributed by atoms with Crippen molar-refractivity contribution in [2.75, 3.05) is 14.2 Å². The van der Waals surface area contributed by atoms with Crippen molar-refractivity contribution in [2.45, 2.75) is 64.2 Å². The molecule has 0 spiro atoms. The van der Waals surface area contributed by atoms with Crippen LogP contribution in [-0.2, 0) is 0 Å². The van der Waals surface area contributed by atoms with E-state index in [1.807, 2.05) is 0 Å². The first-order chi connectivity index (χ1) is 15.5. The molecule has 0 aliphatic carbocycles. The molecule has 0 amide bonds. The predicted molar refractivity (Wildman–Crippen MR) is 124 cm³/mol. The molecule has 32 heavy (non-hydrogen) atoms. The van der Waals surface area contributed by atoms with Crippen molar-refractivity contribution in [3.05, 3.63) is 47.5 Å². The molecule has 6 nitrogen and oxygen atoms in total. The monoisotopic (exact) mass is 442 g/mol. The van der Waals surface area contributed by atoms with Crippen LogP contribution in [0.15, 0.2) is 36.4 Å². The molecule has 0 aliphatic heterocycles. The zero-order valence-electron chi connectivity index (χ0n) is 19.1. The molecule has 0 atom stereocenters. The lowest BCUT2D eigenvalue weighted by Gasteiger charge is -2.07. The fraction of sp³-hybridized carbons (Fsp3) is 0.462. The highest BCUT2D eigenvalue weighted by Gasteiger charge is 2.13. The number of benzene rings is 2. The van der Waals surface area contributed by atoms with Crippen molar-refractivity contribution in [1.29, 1.82) is 0 Å². The number of phenolic OH excluding ortho intramolecular Hbond substituents is 2. The van der Waals surface area contributed by atoms with Gasteiger partial charge in [-0.15, -0.1) is 0 Å². The van der Waals surface area contributed by atoms with Gasteiger partial charge in [-0.25, -0.2) is 0 Å². The van der Waals surface area contributed by atoms with E-state index in [4.69, 9.17) is 9.47 Å². The van der Waals surface area contributed by atoms with Crippen molar-refractivity contribution in [1.82, 2.24) is 0 Å². The number of hydrogen-bond acceptors (Lipinski definition) is 6. The molecule has 0 radical (unpaired) electrons. The van der Waals surface area contributed by atoms with Crippen LogP contribution < -0.4 is 9.47 Å². The Morgan fingerprint density at radius 1 is 0.625 bits per heavy atom. The summed E-state index contributed by atoms with van der Waals surface area (Å²) in [7, 11) is 3.06. The minimum absolute atomic E-state index is 0.00380. The predicted octanol–water partition coefficient (Wildman–Crippen LogP) is 6.08. The standard InChI is InChI=1S/C26H34O6/c1-31-19-13-15-25(29)21(17-19)23(27)11-9-7-5-3-4-6-8-10-12-24(28)22-18-20(32-2)14-16-26(22)30/h13-18,29-30H,3-12H2,1-2H3. The van der Waals surface area contributed by atoms with Crippen molar-refractivity contribution >= 4 is 11.6 Å². The van der Waals surface area contributed by atoms with E-state index in [0.717, 1.165) is 51.4 Å². The molecule has 0 aliphatic rings. The molecule has 174 valence electrons. The summed E-state index contributed by atoms with van der Waals surface area (Å²) in [5.41, 5.74) is 0.641. The first kappa shape index (κ1) is 25.2. The Hall–Kier alpha value is -3.02. The van der Waals surface area contributed by atoms with E-state index >= 15 is 0 Å². The van der Waals surface area contributed by atoms with Crippen LogP contribution in [0.4, 0.5) is 0 Å². The van der Waals surface area contributed by atoms with Gasteiger partial charge in [0.25, 0.3) is 0 Å². The van der Waals surface area contributed by atoms with Crippen LogP contribution in [0.25, 0.3) is 0 Å². The second-order valence-corrected chi connectivity index (χ2v) is 7.94. The summed E-state index contributed by atoms with van der Waals surface area (Å²) in [5, 5.41) is 19.7. The van der Waals surface area contributed by atoms with Gasteiger partial charge in [0.15, 0.2) is 11.6 Å². The second-order valence-electron chi connectivity index (χ2n) is 7.94. The van der Waals surface area contributed by atoms with Gasteiger partial charge in [0.1, 0.15) is 23.0 Å². The number of hydrogen-bond donors (Lipinski definition) is 2. The molecule has 2 N–H and O–H groups in total. The maximum atomic E-state index is 12.3. The van der Waals surface area contributed by atoms with Gasteiger partial charge in [-0.3, -0.25) is 9.59 Å². The van der Waals surface area contributed by atoms with Gasteiger partial charge in [-0.2, -0.15) is 0 Å². The number of aromatic hydroxyl groups is 2. The van der Waals surface area contributed by atoms with E-state index in [1.165, 1.54) is 26.4 Å². The Balaban J connectivity index is 1.54. The SMILES string of the molecule is COc1ccc(O)c(C(=O)CCCCCCCCCCC(=O)c2cc(OC)ccc2O)c1. The van der Waals surface area contributed by atoms with E-state index < -0.39 is 0 Å². The van der Waals surface area contributed by atoms with Gasteiger partial charge in [-0.05, 0) is 49.2 Å². The van der Waals surface area contributed by atoms with Crippen molar-refractivity contribution in [3.63, 3.8) is 0 Å². The molecule has 0 aromatic heterocycles. The number of methoxy groups -OCH3 is 2. The summed E-state index contributed by atoms with van der Waals surface area (Å²) >= 11 is 0. The lowest BCUT2D eigenvalue weighted by molar-refractivity contribution is 0.0967. The Morgan fingerprint density at radius 3 is 1.31 bits per heavy atom. The number of rotatable bonds is 15. The van der Waals surface area contributed by atoms with Crippen LogP contribution in [0.2, 0.25) is 0 Å². The largest absolute Gasteiger partial charge is 0.507 e. The highest BCUT2D eigenvalue weighted by molar-refractivity contribution is 5.99. The molecular weight excluding hydrogens is 408 g/mol. The number of ether oxygens (including phenoxy) is 2. The molecule has 0 heterocycles. The van der Waals surface area contributed by atoms with Crippen LogP contribution in [-0.4, -0.2) is 36.0 Å². The molecule has 2 aromatic carbocycles. The summed E-state index contributed by atoms with van der Waals surface area (Å²) in [4.78, 5) is 24.6. The Labute approximate surface area is 190 Å². The number of phenols is 2. The number of carbonyl (C=O) groups excluding carboxylic acids is 2. The van der Waals surface area contributed by atoms with Crippen LogP contribution >= 0.6 is 0 Å². The van der Waals surface area contributed by atoms with Gasteiger partial charge in [0, 0.05) is 12.8 Å². The summed E-state index contributed by atoms with van der Waals surface area (Å²) in [5.74, 6) is 0.995. The highest BCUT2D eigenvalue weighted by atomic mass is 16.5. The highest BCUT2D eigenvalue weighted by Crippen LogP contribution is 2.26. The molecule has 0 saturated carbocycles. The van der Waals surface area contributed by atoms with E-state index in [1.54, 1.807) is 24.3 Å². The third-order valence-corrected chi connectivity index (χ3v) is 5.57. The Kier molecular flexibility index (Phi) is 10.6. The first-order valence-electron chi connectivity index (χ1n) is 11.3. The topological polar surface area (TPSA) is 93.1 Å². The third-order valence-electron chi connectivity index (χ3n) is 5.57. The fourth-order valence-electron chi connectivity index (χ4n) is 3.63. The average Bonchev–Trinajstić information content (AvgIpc) is 2.80. The van der Waals surface area contributed by atoms with Crippen LogP contribution in [0.1, 0.15) is 84.9 Å². The summed E-state index contributed by atoms with van der Waals surface area (Å²) < 4.78 is 10.2. The van der Waals surface area contributed by atoms with E-state index in [0.29, 0.717) is 35.5 Å². The molecule has 0 bridgehead atoms. The van der Waals surface area contributed by atoms with Crippen molar-refractivity contribution < 1.29 is 29.3 Å². The van der Waals surface area contributed by atoms with E-state index in [-0.39, 0.29) is 23.1 Å². The van der Waals surface area contributed by atoms with Gasteiger partial charge in [0.05, 0.1) is 25.3 Å². The van der Waals surface area contributed by atoms with Gasteiger partial charge < -0.3 is 19.7 Å². The fourth-order valence-corrected chi connectivity index (χ4v) is 3.63. The summed E-state index contributed by atoms with van der Waals surface area (Å²) in [6.07, 6.45) is 8.71. The number of unbranched alkanes of at least 4 members (excludes halogenated alkanes) is 7. The molecular formula is C26H34O6. The minimum atomic E-state index is -0.0619. The van der Waals surface area contributed by atoms with Crippen LogP contribution in [0.3, 0.4) is 0 Å². The number of Topliss-reactive ketones (excluding diaryl/α,β-unsaturated/α-hetero) is 2. The quantitative estimate of drug-likeness (QED) is 0.256. The maximum absolute atomic E-state index is 12.3. The number of carbonyl (C=O) groups is 2. The molecule has 0 unspecified atom stereocenters. The molecule has 6 heteroatoms. The Bertz CT molecular complexity index is 816. The third kappa shape index (κ3) is 7.91. The van der Waals surface area contributed by atoms with E-state index in [2.05, 4.69) is 0 Å². The van der Waals surface area contributed by atoms with Crippen LogP contribution in [0, 0.1) is 0 Å². The lowest BCUT2D eigenvalue weighted by atomic mass is 10.0. The van der Waals surface area contributed by atoms with Gasteiger partial charge in [0.2, 0.25) is 0 Å². The van der Waals surface area contributed by atoms with Crippen LogP contribution in [0.5, 0.6) is 23.0 Å². The number of ketones is 2.